The van der Waals surface area contributed by atoms with E-state index in [0.29, 0.717) is 12.3 Å². The monoisotopic (exact) mass is 228 g/mol. The Morgan fingerprint density at radius 1 is 1.12 bits per heavy atom. The Hall–Kier alpha value is -0.0800. The Kier molecular flexibility index (Phi) is 6.37. The van der Waals surface area contributed by atoms with Crippen molar-refractivity contribution < 1.29 is 10.2 Å². The van der Waals surface area contributed by atoms with Crippen LogP contribution in [-0.2, 0) is 0 Å². The lowest BCUT2D eigenvalue weighted by Crippen LogP contribution is -2.26. The molecule has 0 radical (unpaired) electrons. The normalized spacial score (nSPS) is 24.0. The van der Waals surface area contributed by atoms with Gasteiger partial charge in [0.1, 0.15) is 0 Å². The van der Waals surface area contributed by atoms with E-state index in [-0.39, 0.29) is 12.2 Å². The highest BCUT2D eigenvalue weighted by Gasteiger charge is 2.22. The average Bonchev–Trinajstić information content (AvgIpc) is 2.30. The van der Waals surface area contributed by atoms with Gasteiger partial charge in [0, 0.05) is 0 Å². The lowest BCUT2D eigenvalue weighted by Gasteiger charge is -2.28. The van der Waals surface area contributed by atoms with Gasteiger partial charge >= 0.3 is 0 Å². The van der Waals surface area contributed by atoms with E-state index in [0.717, 1.165) is 18.8 Å². The highest BCUT2D eigenvalue weighted by molar-refractivity contribution is 4.74. The Morgan fingerprint density at radius 2 is 1.75 bits per heavy atom. The van der Waals surface area contributed by atoms with E-state index in [1.54, 1.807) is 0 Å². The van der Waals surface area contributed by atoms with E-state index in [1.165, 1.54) is 32.1 Å². The second-order valence-electron chi connectivity index (χ2n) is 5.58. The van der Waals surface area contributed by atoms with E-state index in [4.69, 9.17) is 0 Å². The molecule has 16 heavy (non-hydrogen) atoms. The summed E-state index contributed by atoms with van der Waals surface area (Å²) in [6.45, 7) is 4.09. The van der Waals surface area contributed by atoms with E-state index in [9.17, 15) is 10.2 Å². The standard InChI is InChI=1S/C14H28O2/c1-3-13(15)10-14(16)11(2)9-12-7-5-4-6-8-12/h11-16H,3-10H2,1-2H3/t11-,13-,14-/m0/s1. The Balaban J connectivity index is 2.24. The molecular weight excluding hydrogens is 200 g/mol. The molecule has 1 rings (SSSR count). The summed E-state index contributed by atoms with van der Waals surface area (Å²) in [7, 11) is 0. The van der Waals surface area contributed by atoms with Crippen molar-refractivity contribution in [3.8, 4) is 0 Å². The van der Waals surface area contributed by atoms with Gasteiger partial charge in [-0.25, -0.2) is 0 Å². The zero-order valence-electron chi connectivity index (χ0n) is 10.9. The van der Waals surface area contributed by atoms with Crippen LogP contribution >= 0.6 is 0 Å². The molecule has 1 aliphatic carbocycles. The van der Waals surface area contributed by atoms with Crippen LogP contribution in [0.5, 0.6) is 0 Å². The number of rotatable bonds is 6. The van der Waals surface area contributed by atoms with Crippen LogP contribution in [0.25, 0.3) is 0 Å². The molecule has 0 spiro atoms. The van der Waals surface area contributed by atoms with Gasteiger partial charge in [-0.05, 0) is 31.1 Å². The fourth-order valence-electron chi connectivity index (χ4n) is 2.78. The van der Waals surface area contributed by atoms with E-state index in [2.05, 4.69) is 6.92 Å². The lowest BCUT2D eigenvalue weighted by atomic mass is 9.81. The summed E-state index contributed by atoms with van der Waals surface area (Å²) >= 11 is 0. The van der Waals surface area contributed by atoms with Crippen LogP contribution in [0.4, 0.5) is 0 Å². The number of hydrogen-bond donors (Lipinski definition) is 2. The van der Waals surface area contributed by atoms with Gasteiger partial charge in [-0.1, -0.05) is 46.0 Å². The molecule has 2 heteroatoms. The van der Waals surface area contributed by atoms with Crippen molar-refractivity contribution in [2.45, 2.75) is 77.4 Å². The predicted molar refractivity (Wildman–Crippen MR) is 67.3 cm³/mol. The number of aliphatic hydroxyl groups excluding tert-OH is 2. The van der Waals surface area contributed by atoms with Crippen LogP contribution in [0.15, 0.2) is 0 Å². The molecule has 0 unspecified atom stereocenters. The van der Waals surface area contributed by atoms with Crippen LogP contribution in [0, 0.1) is 11.8 Å². The molecule has 0 aromatic rings. The molecule has 1 aliphatic rings. The van der Waals surface area contributed by atoms with Crippen LogP contribution < -0.4 is 0 Å². The van der Waals surface area contributed by atoms with Crippen LogP contribution in [-0.4, -0.2) is 22.4 Å². The molecule has 0 bridgehead atoms. The first-order valence-corrected chi connectivity index (χ1v) is 6.99. The smallest absolute Gasteiger partial charge is 0.0590 e. The Morgan fingerprint density at radius 3 is 2.31 bits per heavy atom. The minimum atomic E-state index is -0.330. The molecule has 0 aromatic heterocycles. The maximum atomic E-state index is 9.99. The SMILES string of the molecule is CC[C@H](O)C[C@H](O)[C@@H](C)CC1CCCCC1. The van der Waals surface area contributed by atoms with Crippen LogP contribution in [0.2, 0.25) is 0 Å². The molecule has 96 valence electrons. The molecule has 0 aliphatic heterocycles. The first kappa shape index (κ1) is 14.0. The molecular formula is C14H28O2. The van der Waals surface area contributed by atoms with Gasteiger partial charge in [0.15, 0.2) is 0 Å². The van der Waals surface area contributed by atoms with Gasteiger partial charge in [-0.3, -0.25) is 0 Å². The fourth-order valence-corrected chi connectivity index (χ4v) is 2.78. The summed E-state index contributed by atoms with van der Waals surface area (Å²) in [6, 6.07) is 0. The Bertz CT molecular complexity index is 176. The molecule has 0 saturated heterocycles. The first-order chi connectivity index (χ1) is 7.63. The third-order valence-electron chi connectivity index (χ3n) is 4.07. The summed E-state index contributed by atoms with van der Waals surface area (Å²) in [5.41, 5.74) is 0. The fraction of sp³-hybridized carbons (Fsp3) is 1.00. The number of aliphatic hydroxyl groups is 2. The lowest BCUT2D eigenvalue weighted by molar-refractivity contribution is 0.0377. The molecule has 0 heterocycles. The van der Waals surface area contributed by atoms with Crippen molar-refractivity contribution in [3.63, 3.8) is 0 Å². The molecule has 0 amide bonds. The first-order valence-electron chi connectivity index (χ1n) is 6.99. The topological polar surface area (TPSA) is 40.5 Å². The maximum Gasteiger partial charge on any atom is 0.0590 e. The quantitative estimate of drug-likeness (QED) is 0.733. The van der Waals surface area contributed by atoms with Crippen molar-refractivity contribution in [2.24, 2.45) is 11.8 Å². The van der Waals surface area contributed by atoms with Gasteiger partial charge in [-0.2, -0.15) is 0 Å². The van der Waals surface area contributed by atoms with Crippen LogP contribution in [0.3, 0.4) is 0 Å². The molecule has 1 saturated carbocycles. The second kappa shape index (κ2) is 7.29. The highest BCUT2D eigenvalue weighted by Crippen LogP contribution is 2.30. The molecule has 0 aromatic carbocycles. The third kappa shape index (κ3) is 4.84. The van der Waals surface area contributed by atoms with Crippen LogP contribution in [0.1, 0.15) is 65.2 Å². The summed E-state index contributed by atoms with van der Waals surface area (Å²) in [5, 5.41) is 19.5. The largest absolute Gasteiger partial charge is 0.393 e. The van der Waals surface area contributed by atoms with Gasteiger partial charge in [-0.15, -0.1) is 0 Å². The van der Waals surface area contributed by atoms with Gasteiger partial charge in [0.05, 0.1) is 12.2 Å². The van der Waals surface area contributed by atoms with Gasteiger partial charge in [0.25, 0.3) is 0 Å². The molecule has 1 fully saturated rings. The van der Waals surface area contributed by atoms with Crippen molar-refractivity contribution >= 4 is 0 Å². The molecule has 3 atom stereocenters. The summed E-state index contributed by atoms with van der Waals surface area (Å²) in [6.07, 6.45) is 8.58. The molecule has 2 nitrogen and oxygen atoms in total. The van der Waals surface area contributed by atoms with Crippen molar-refractivity contribution in [3.05, 3.63) is 0 Å². The van der Waals surface area contributed by atoms with Crippen molar-refractivity contribution in [2.75, 3.05) is 0 Å². The minimum absolute atomic E-state index is 0.322. The zero-order valence-corrected chi connectivity index (χ0v) is 10.9. The van der Waals surface area contributed by atoms with Gasteiger partial charge < -0.3 is 10.2 Å². The zero-order chi connectivity index (χ0) is 12.0. The highest BCUT2D eigenvalue weighted by atomic mass is 16.3. The second-order valence-corrected chi connectivity index (χ2v) is 5.58. The minimum Gasteiger partial charge on any atom is -0.393 e. The van der Waals surface area contributed by atoms with E-state index >= 15 is 0 Å². The summed E-state index contributed by atoms with van der Waals surface area (Å²) in [5.74, 6) is 1.15. The Labute approximate surface area is 100 Å². The third-order valence-corrected chi connectivity index (χ3v) is 4.07. The average molecular weight is 228 g/mol. The van der Waals surface area contributed by atoms with E-state index < -0.39 is 0 Å². The van der Waals surface area contributed by atoms with E-state index in [1.807, 2.05) is 6.92 Å². The maximum absolute atomic E-state index is 9.99. The summed E-state index contributed by atoms with van der Waals surface area (Å²) in [4.78, 5) is 0. The predicted octanol–water partition coefficient (Wildman–Crippen LogP) is 3.11. The van der Waals surface area contributed by atoms with Gasteiger partial charge in [0.2, 0.25) is 0 Å². The van der Waals surface area contributed by atoms with Crippen molar-refractivity contribution in [1.29, 1.82) is 0 Å². The molecule has 2 N–H and O–H groups in total. The van der Waals surface area contributed by atoms with Crippen molar-refractivity contribution in [1.82, 2.24) is 0 Å². The summed E-state index contributed by atoms with van der Waals surface area (Å²) < 4.78 is 0. The number of hydrogen-bond acceptors (Lipinski definition) is 2.